The van der Waals surface area contributed by atoms with Gasteiger partial charge in [-0.2, -0.15) is 0 Å². The Balaban J connectivity index is 1.87. The Morgan fingerprint density at radius 2 is 2.00 bits per heavy atom. The fraction of sp³-hybridized carbons (Fsp3) is 1.00. The molecule has 1 aliphatic heterocycles. The summed E-state index contributed by atoms with van der Waals surface area (Å²) >= 11 is 0. The molecule has 1 saturated carbocycles. The third kappa shape index (κ3) is 3.69. The Morgan fingerprint density at radius 1 is 1.17 bits per heavy atom. The summed E-state index contributed by atoms with van der Waals surface area (Å²) in [6.45, 7) is 8.23. The number of nitrogens with one attached hydrogen (secondary N) is 1. The minimum Gasteiger partial charge on any atom is -0.395 e. The zero-order valence-electron chi connectivity index (χ0n) is 12.1. The molecule has 1 heterocycles. The lowest BCUT2D eigenvalue weighted by Crippen LogP contribution is -2.47. The van der Waals surface area contributed by atoms with Gasteiger partial charge in [-0.1, -0.05) is 13.8 Å². The van der Waals surface area contributed by atoms with Crippen molar-refractivity contribution in [3.8, 4) is 0 Å². The first-order valence-electron chi connectivity index (χ1n) is 7.79. The predicted molar refractivity (Wildman–Crippen MR) is 75.7 cm³/mol. The van der Waals surface area contributed by atoms with E-state index >= 15 is 0 Å². The molecule has 4 atom stereocenters. The average Bonchev–Trinajstić information content (AvgIpc) is 2.85. The van der Waals surface area contributed by atoms with Gasteiger partial charge in [-0.05, 0) is 50.5 Å². The van der Waals surface area contributed by atoms with Crippen molar-refractivity contribution in [1.82, 2.24) is 10.2 Å². The number of hydrogen-bond donors (Lipinski definition) is 2. The van der Waals surface area contributed by atoms with Crippen LogP contribution in [0.25, 0.3) is 0 Å². The van der Waals surface area contributed by atoms with E-state index in [2.05, 4.69) is 24.1 Å². The molecule has 106 valence electrons. The van der Waals surface area contributed by atoms with Gasteiger partial charge in [0.15, 0.2) is 0 Å². The van der Waals surface area contributed by atoms with Crippen molar-refractivity contribution in [2.45, 2.75) is 58.0 Å². The fourth-order valence-corrected chi connectivity index (χ4v) is 3.60. The highest BCUT2D eigenvalue weighted by molar-refractivity contribution is 4.85. The highest BCUT2D eigenvalue weighted by atomic mass is 16.3. The van der Waals surface area contributed by atoms with Gasteiger partial charge in [0, 0.05) is 25.2 Å². The van der Waals surface area contributed by atoms with E-state index in [4.69, 9.17) is 0 Å². The molecule has 2 fully saturated rings. The van der Waals surface area contributed by atoms with Crippen LogP contribution in [0.5, 0.6) is 0 Å². The van der Waals surface area contributed by atoms with Crippen molar-refractivity contribution in [2.24, 2.45) is 11.8 Å². The van der Waals surface area contributed by atoms with Gasteiger partial charge in [-0.15, -0.1) is 0 Å². The second kappa shape index (κ2) is 6.88. The summed E-state index contributed by atoms with van der Waals surface area (Å²) in [5.74, 6) is 1.71. The van der Waals surface area contributed by atoms with Gasteiger partial charge in [0.25, 0.3) is 0 Å². The second-order valence-electron chi connectivity index (χ2n) is 6.43. The molecular formula is C15H30N2O. The van der Waals surface area contributed by atoms with Crippen LogP contribution in [0.4, 0.5) is 0 Å². The van der Waals surface area contributed by atoms with Crippen molar-refractivity contribution < 1.29 is 5.11 Å². The van der Waals surface area contributed by atoms with Crippen LogP contribution in [0, 0.1) is 11.8 Å². The summed E-state index contributed by atoms with van der Waals surface area (Å²) in [4.78, 5) is 2.55. The minimum absolute atomic E-state index is 0.299. The Bertz CT molecular complexity index is 241. The lowest BCUT2D eigenvalue weighted by atomic mass is 9.78. The second-order valence-corrected chi connectivity index (χ2v) is 6.43. The van der Waals surface area contributed by atoms with E-state index in [0.717, 1.165) is 24.9 Å². The van der Waals surface area contributed by atoms with Crippen LogP contribution < -0.4 is 5.32 Å². The van der Waals surface area contributed by atoms with E-state index in [1.165, 1.54) is 38.6 Å². The topological polar surface area (TPSA) is 35.5 Å². The lowest BCUT2D eigenvalue weighted by Gasteiger charge is -2.40. The molecule has 3 nitrogen and oxygen atoms in total. The van der Waals surface area contributed by atoms with Crippen LogP contribution >= 0.6 is 0 Å². The smallest absolute Gasteiger partial charge is 0.0558 e. The van der Waals surface area contributed by atoms with Crippen LogP contribution in [0.3, 0.4) is 0 Å². The summed E-state index contributed by atoms with van der Waals surface area (Å²) < 4.78 is 0. The summed E-state index contributed by atoms with van der Waals surface area (Å²) in [7, 11) is 0. The lowest BCUT2D eigenvalue weighted by molar-refractivity contribution is 0.0833. The van der Waals surface area contributed by atoms with Gasteiger partial charge in [-0.25, -0.2) is 0 Å². The van der Waals surface area contributed by atoms with Crippen molar-refractivity contribution in [1.29, 1.82) is 0 Å². The summed E-state index contributed by atoms with van der Waals surface area (Å²) in [5, 5.41) is 12.9. The number of aliphatic hydroxyl groups excluding tert-OH is 1. The molecule has 2 rings (SSSR count). The van der Waals surface area contributed by atoms with Gasteiger partial charge in [0.2, 0.25) is 0 Å². The van der Waals surface area contributed by atoms with E-state index in [9.17, 15) is 5.11 Å². The van der Waals surface area contributed by atoms with Crippen LogP contribution in [0.1, 0.15) is 46.0 Å². The number of rotatable bonds is 5. The van der Waals surface area contributed by atoms with Gasteiger partial charge in [0.05, 0.1) is 6.61 Å². The molecule has 0 aromatic carbocycles. The largest absolute Gasteiger partial charge is 0.395 e. The molecule has 4 unspecified atom stereocenters. The molecule has 0 amide bonds. The number of aliphatic hydroxyl groups is 1. The van der Waals surface area contributed by atoms with E-state index in [-0.39, 0.29) is 0 Å². The zero-order chi connectivity index (χ0) is 13.0. The van der Waals surface area contributed by atoms with Crippen LogP contribution in [-0.4, -0.2) is 48.3 Å². The molecule has 1 aliphatic carbocycles. The maximum Gasteiger partial charge on any atom is 0.0558 e. The first-order chi connectivity index (χ1) is 8.70. The molecule has 1 saturated heterocycles. The quantitative estimate of drug-likeness (QED) is 0.786. The van der Waals surface area contributed by atoms with Crippen LogP contribution in [-0.2, 0) is 0 Å². The van der Waals surface area contributed by atoms with Crippen molar-refractivity contribution in [3.63, 3.8) is 0 Å². The average molecular weight is 254 g/mol. The summed E-state index contributed by atoms with van der Waals surface area (Å²) in [6, 6.07) is 1.36. The Labute approximate surface area is 112 Å². The Kier molecular flexibility index (Phi) is 5.46. The SMILES string of the molecule is CC1CCC(N(CCO)CC2CCCN2)CC1C. The van der Waals surface area contributed by atoms with E-state index in [1.807, 2.05) is 0 Å². The minimum atomic E-state index is 0.299. The molecule has 0 bridgehead atoms. The molecule has 3 heteroatoms. The molecule has 2 N–H and O–H groups in total. The monoisotopic (exact) mass is 254 g/mol. The molecular weight excluding hydrogens is 224 g/mol. The predicted octanol–water partition coefficient (Wildman–Crippen LogP) is 1.86. The normalized spacial score (nSPS) is 37.3. The third-order valence-corrected chi connectivity index (χ3v) is 5.09. The van der Waals surface area contributed by atoms with Gasteiger partial charge in [0.1, 0.15) is 0 Å². The van der Waals surface area contributed by atoms with Gasteiger partial charge < -0.3 is 10.4 Å². The van der Waals surface area contributed by atoms with Crippen LogP contribution in [0.15, 0.2) is 0 Å². The third-order valence-electron chi connectivity index (χ3n) is 5.09. The van der Waals surface area contributed by atoms with Crippen LogP contribution in [0.2, 0.25) is 0 Å². The first kappa shape index (κ1) is 14.3. The Morgan fingerprint density at radius 3 is 2.61 bits per heavy atom. The maximum atomic E-state index is 9.30. The zero-order valence-corrected chi connectivity index (χ0v) is 12.1. The molecule has 0 radical (unpaired) electrons. The molecule has 18 heavy (non-hydrogen) atoms. The van der Waals surface area contributed by atoms with E-state index < -0.39 is 0 Å². The molecule has 0 spiro atoms. The van der Waals surface area contributed by atoms with E-state index in [0.29, 0.717) is 18.7 Å². The van der Waals surface area contributed by atoms with Gasteiger partial charge in [-0.3, -0.25) is 4.90 Å². The van der Waals surface area contributed by atoms with Crippen molar-refractivity contribution >= 4 is 0 Å². The highest BCUT2D eigenvalue weighted by Gasteiger charge is 2.30. The summed E-state index contributed by atoms with van der Waals surface area (Å²) in [6.07, 6.45) is 6.61. The van der Waals surface area contributed by atoms with Gasteiger partial charge >= 0.3 is 0 Å². The summed E-state index contributed by atoms with van der Waals surface area (Å²) in [5.41, 5.74) is 0. The standard InChI is InChI=1S/C15H30N2O/c1-12-5-6-15(10-13(12)2)17(8-9-18)11-14-4-3-7-16-14/h12-16,18H,3-11H2,1-2H3. The number of hydrogen-bond acceptors (Lipinski definition) is 3. The van der Waals surface area contributed by atoms with Crippen molar-refractivity contribution in [2.75, 3.05) is 26.2 Å². The molecule has 2 aliphatic rings. The Hall–Kier alpha value is -0.120. The first-order valence-corrected chi connectivity index (χ1v) is 7.79. The fourth-order valence-electron chi connectivity index (χ4n) is 3.60. The molecule has 0 aromatic rings. The molecule has 0 aromatic heterocycles. The maximum absolute atomic E-state index is 9.30. The highest BCUT2D eigenvalue weighted by Crippen LogP contribution is 2.32. The van der Waals surface area contributed by atoms with E-state index in [1.54, 1.807) is 0 Å². The number of nitrogens with zero attached hydrogens (tertiary/aromatic N) is 1. The van der Waals surface area contributed by atoms with Crippen molar-refractivity contribution in [3.05, 3.63) is 0 Å².